The predicted octanol–water partition coefficient (Wildman–Crippen LogP) is 1.75. The SMILES string of the molecule is CC(C)(C)OC(=O)C1CNCCN1c1nccc2cccnc12. The third-order valence-electron chi connectivity index (χ3n) is 3.70. The van der Waals surface area contributed by atoms with Crippen LogP contribution in [0.25, 0.3) is 10.9 Å². The molecule has 1 saturated heterocycles. The molecule has 0 spiro atoms. The lowest BCUT2D eigenvalue weighted by Gasteiger charge is -2.37. The van der Waals surface area contributed by atoms with Gasteiger partial charge in [0, 0.05) is 37.4 Å². The summed E-state index contributed by atoms with van der Waals surface area (Å²) in [6, 6.07) is 5.42. The highest BCUT2D eigenvalue weighted by Gasteiger charge is 2.34. The number of ether oxygens (including phenoxy) is 1. The first-order chi connectivity index (χ1) is 11.0. The van der Waals surface area contributed by atoms with Crippen LogP contribution in [-0.4, -0.2) is 47.2 Å². The lowest BCUT2D eigenvalue weighted by molar-refractivity contribution is -0.156. The minimum atomic E-state index is -0.509. The van der Waals surface area contributed by atoms with Gasteiger partial charge in [-0.1, -0.05) is 6.07 Å². The van der Waals surface area contributed by atoms with Crippen LogP contribution in [0.2, 0.25) is 0 Å². The number of pyridine rings is 2. The number of nitrogens with one attached hydrogen (secondary N) is 1. The normalized spacial score (nSPS) is 18.9. The molecule has 1 aliphatic heterocycles. The second-order valence-corrected chi connectivity index (χ2v) is 6.66. The van der Waals surface area contributed by atoms with E-state index in [0.29, 0.717) is 13.1 Å². The molecule has 1 atom stereocenters. The fourth-order valence-corrected chi connectivity index (χ4v) is 2.74. The molecule has 0 amide bonds. The summed E-state index contributed by atoms with van der Waals surface area (Å²) in [6.45, 7) is 7.66. The molecular formula is C17H22N4O2. The number of rotatable bonds is 2. The van der Waals surface area contributed by atoms with Crippen LogP contribution in [0.1, 0.15) is 20.8 Å². The summed E-state index contributed by atoms with van der Waals surface area (Å²) < 4.78 is 5.57. The molecule has 6 heteroatoms. The van der Waals surface area contributed by atoms with Gasteiger partial charge < -0.3 is 15.0 Å². The number of anilines is 1. The Hall–Kier alpha value is -2.21. The van der Waals surface area contributed by atoms with E-state index in [4.69, 9.17) is 4.74 Å². The molecule has 1 fully saturated rings. The average molecular weight is 314 g/mol. The Bertz CT molecular complexity index is 706. The molecular weight excluding hydrogens is 292 g/mol. The van der Waals surface area contributed by atoms with E-state index in [1.807, 2.05) is 43.9 Å². The van der Waals surface area contributed by atoms with Crippen molar-refractivity contribution in [1.29, 1.82) is 0 Å². The number of esters is 1. The molecule has 3 heterocycles. The van der Waals surface area contributed by atoms with Crippen LogP contribution in [0.5, 0.6) is 0 Å². The predicted molar refractivity (Wildman–Crippen MR) is 89.4 cm³/mol. The van der Waals surface area contributed by atoms with Crippen LogP contribution < -0.4 is 10.2 Å². The van der Waals surface area contributed by atoms with Gasteiger partial charge in [-0.25, -0.2) is 9.78 Å². The Morgan fingerprint density at radius 3 is 2.91 bits per heavy atom. The average Bonchev–Trinajstić information content (AvgIpc) is 2.53. The molecule has 0 saturated carbocycles. The molecule has 3 rings (SSSR count). The molecule has 0 bridgehead atoms. The first-order valence-corrected chi connectivity index (χ1v) is 7.86. The number of nitrogens with zero attached hydrogens (tertiary/aromatic N) is 3. The summed E-state index contributed by atoms with van der Waals surface area (Å²) in [4.78, 5) is 23.5. The van der Waals surface area contributed by atoms with E-state index in [1.165, 1.54) is 0 Å². The maximum Gasteiger partial charge on any atom is 0.330 e. The van der Waals surface area contributed by atoms with Crippen LogP contribution in [0, 0.1) is 0 Å². The highest BCUT2D eigenvalue weighted by atomic mass is 16.6. The van der Waals surface area contributed by atoms with Crippen molar-refractivity contribution in [3.63, 3.8) is 0 Å². The standard InChI is InChI=1S/C17H22N4O2/c1-17(2,3)23-16(22)13-11-18-9-10-21(13)15-14-12(6-8-20-15)5-4-7-19-14/h4-8,13,18H,9-11H2,1-3H3. The Kier molecular flexibility index (Phi) is 4.17. The second-order valence-electron chi connectivity index (χ2n) is 6.66. The van der Waals surface area contributed by atoms with Crippen LogP contribution in [0.15, 0.2) is 30.6 Å². The summed E-state index contributed by atoms with van der Waals surface area (Å²) in [5.74, 6) is 0.500. The number of piperazine rings is 1. The van der Waals surface area contributed by atoms with E-state index in [9.17, 15) is 4.79 Å². The maximum atomic E-state index is 12.6. The van der Waals surface area contributed by atoms with Crippen molar-refractivity contribution in [2.75, 3.05) is 24.5 Å². The van der Waals surface area contributed by atoms with E-state index in [2.05, 4.69) is 15.3 Å². The van der Waals surface area contributed by atoms with Gasteiger partial charge in [-0.05, 0) is 32.9 Å². The van der Waals surface area contributed by atoms with Gasteiger partial charge in [0.25, 0.3) is 0 Å². The Balaban J connectivity index is 1.96. The monoisotopic (exact) mass is 314 g/mol. The van der Waals surface area contributed by atoms with Gasteiger partial charge in [0.15, 0.2) is 5.82 Å². The van der Waals surface area contributed by atoms with Crippen molar-refractivity contribution in [2.24, 2.45) is 0 Å². The molecule has 1 N–H and O–H groups in total. The zero-order chi connectivity index (χ0) is 16.4. The first-order valence-electron chi connectivity index (χ1n) is 7.86. The molecule has 6 nitrogen and oxygen atoms in total. The highest BCUT2D eigenvalue weighted by Crippen LogP contribution is 2.25. The van der Waals surface area contributed by atoms with Crippen molar-refractivity contribution in [3.8, 4) is 0 Å². The molecule has 23 heavy (non-hydrogen) atoms. The van der Waals surface area contributed by atoms with Gasteiger partial charge in [-0.2, -0.15) is 0 Å². The fourth-order valence-electron chi connectivity index (χ4n) is 2.74. The van der Waals surface area contributed by atoms with Crippen LogP contribution in [0.3, 0.4) is 0 Å². The number of carbonyl (C=O) groups excluding carboxylic acids is 1. The van der Waals surface area contributed by atoms with Crippen molar-refractivity contribution in [3.05, 3.63) is 30.6 Å². The molecule has 122 valence electrons. The zero-order valence-corrected chi connectivity index (χ0v) is 13.7. The second kappa shape index (κ2) is 6.12. The number of carbonyl (C=O) groups is 1. The molecule has 1 unspecified atom stereocenters. The lowest BCUT2D eigenvalue weighted by atomic mass is 10.1. The molecule has 0 radical (unpaired) electrons. The van der Waals surface area contributed by atoms with E-state index < -0.39 is 11.6 Å². The molecule has 2 aromatic rings. The summed E-state index contributed by atoms with van der Waals surface area (Å²) in [6.07, 6.45) is 3.51. The molecule has 0 aromatic carbocycles. The number of fused-ring (bicyclic) bond motifs is 1. The maximum absolute atomic E-state index is 12.6. The minimum absolute atomic E-state index is 0.237. The molecule has 1 aliphatic rings. The van der Waals surface area contributed by atoms with Crippen molar-refractivity contribution < 1.29 is 9.53 Å². The zero-order valence-electron chi connectivity index (χ0n) is 13.7. The number of hydrogen-bond donors (Lipinski definition) is 1. The van der Waals surface area contributed by atoms with E-state index in [0.717, 1.165) is 23.3 Å². The Labute approximate surface area is 135 Å². The van der Waals surface area contributed by atoms with Crippen LogP contribution in [0.4, 0.5) is 5.82 Å². The number of hydrogen-bond acceptors (Lipinski definition) is 6. The highest BCUT2D eigenvalue weighted by molar-refractivity contribution is 5.91. The summed E-state index contributed by atoms with van der Waals surface area (Å²) in [7, 11) is 0. The van der Waals surface area contributed by atoms with Gasteiger partial charge in [-0.3, -0.25) is 4.98 Å². The summed E-state index contributed by atoms with van der Waals surface area (Å²) in [5, 5.41) is 4.27. The van der Waals surface area contributed by atoms with Crippen LogP contribution >= 0.6 is 0 Å². The van der Waals surface area contributed by atoms with Gasteiger partial charge in [0.2, 0.25) is 0 Å². The van der Waals surface area contributed by atoms with Gasteiger partial charge in [0.05, 0.1) is 0 Å². The third-order valence-corrected chi connectivity index (χ3v) is 3.70. The first kappa shape index (κ1) is 15.7. The van der Waals surface area contributed by atoms with E-state index in [1.54, 1.807) is 12.4 Å². The van der Waals surface area contributed by atoms with Crippen molar-refractivity contribution in [1.82, 2.24) is 15.3 Å². The number of aromatic nitrogens is 2. The smallest absolute Gasteiger partial charge is 0.330 e. The van der Waals surface area contributed by atoms with Crippen molar-refractivity contribution in [2.45, 2.75) is 32.4 Å². The quantitative estimate of drug-likeness (QED) is 0.852. The Morgan fingerprint density at radius 1 is 1.30 bits per heavy atom. The molecule has 2 aromatic heterocycles. The minimum Gasteiger partial charge on any atom is -0.458 e. The molecule has 0 aliphatic carbocycles. The fraction of sp³-hybridized carbons (Fsp3) is 0.471. The van der Waals surface area contributed by atoms with Crippen molar-refractivity contribution >= 4 is 22.7 Å². The topological polar surface area (TPSA) is 67.3 Å². The largest absolute Gasteiger partial charge is 0.458 e. The Morgan fingerprint density at radius 2 is 2.13 bits per heavy atom. The van der Waals surface area contributed by atoms with Gasteiger partial charge in [-0.15, -0.1) is 0 Å². The summed E-state index contributed by atoms with van der Waals surface area (Å²) >= 11 is 0. The lowest BCUT2D eigenvalue weighted by Crippen LogP contribution is -2.56. The summed E-state index contributed by atoms with van der Waals surface area (Å²) in [5.41, 5.74) is 0.301. The third kappa shape index (κ3) is 3.42. The van der Waals surface area contributed by atoms with Gasteiger partial charge >= 0.3 is 5.97 Å². The van der Waals surface area contributed by atoms with Crippen LogP contribution in [-0.2, 0) is 9.53 Å². The van der Waals surface area contributed by atoms with E-state index in [-0.39, 0.29) is 5.97 Å². The van der Waals surface area contributed by atoms with Gasteiger partial charge in [0.1, 0.15) is 17.2 Å². The van der Waals surface area contributed by atoms with E-state index >= 15 is 0 Å².